The molecule has 0 saturated heterocycles. The number of rotatable bonds is 0. The molecular formula is C11H10N2O. The van der Waals surface area contributed by atoms with E-state index in [2.05, 4.69) is 6.07 Å². The minimum atomic E-state index is 0.559. The number of anilines is 1. The van der Waals surface area contributed by atoms with E-state index in [9.17, 15) is 0 Å². The lowest BCUT2D eigenvalue weighted by Crippen LogP contribution is -2.22. The van der Waals surface area contributed by atoms with E-state index in [0.717, 1.165) is 11.4 Å². The molecule has 0 spiro atoms. The average Bonchev–Trinajstić information content (AvgIpc) is 2.18. The van der Waals surface area contributed by atoms with Crippen LogP contribution in [0.4, 0.5) is 5.69 Å². The molecule has 1 aromatic rings. The lowest BCUT2D eigenvalue weighted by Gasteiger charge is -2.27. The summed E-state index contributed by atoms with van der Waals surface area (Å²) in [4.78, 5) is 1.84. The molecule has 0 aromatic heterocycles. The summed E-state index contributed by atoms with van der Waals surface area (Å²) in [5, 5.41) is 8.93. The fraction of sp³-hybridized carbons (Fsp3) is 0.182. The van der Waals surface area contributed by atoms with Crippen LogP contribution in [0.1, 0.15) is 6.92 Å². The van der Waals surface area contributed by atoms with Crippen molar-refractivity contribution in [3.63, 3.8) is 0 Å². The van der Waals surface area contributed by atoms with Crippen molar-refractivity contribution in [2.75, 3.05) is 11.9 Å². The summed E-state index contributed by atoms with van der Waals surface area (Å²) in [5.41, 5.74) is 1.48. The van der Waals surface area contributed by atoms with Crippen molar-refractivity contribution >= 4 is 5.69 Å². The predicted octanol–water partition coefficient (Wildman–Crippen LogP) is 2.27. The molecule has 0 aliphatic carbocycles. The number of hydrogen-bond acceptors (Lipinski definition) is 3. The third kappa shape index (κ3) is 1.12. The number of allylic oxidation sites excluding steroid dienone is 2. The summed E-state index contributed by atoms with van der Waals surface area (Å²) in [7, 11) is 1.86. The first-order chi connectivity index (χ1) is 6.74. The van der Waals surface area contributed by atoms with E-state index in [1.165, 1.54) is 0 Å². The Balaban J connectivity index is 2.55. The summed E-state index contributed by atoms with van der Waals surface area (Å²) in [5.74, 6) is 1.44. The maximum atomic E-state index is 8.93. The van der Waals surface area contributed by atoms with E-state index in [1.54, 1.807) is 6.92 Å². The molecule has 0 fully saturated rings. The second-order valence-electron chi connectivity index (χ2n) is 3.15. The van der Waals surface area contributed by atoms with Gasteiger partial charge in [-0.15, -0.1) is 0 Å². The molecule has 3 nitrogen and oxygen atoms in total. The van der Waals surface area contributed by atoms with Crippen LogP contribution < -0.4 is 9.64 Å². The zero-order chi connectivity index (χ0) is 10.1. The lowest BCUT2D eigenvalue weighted by molar-refractivity contribution is 0.413. The molecule has 0 radical (unpaired) electrons. The van der Waals surface area contributed by atoms with E-state index in [1.807, 2.05) is 36.2 Å². The van der Waals surface area contributed by atoms with Crippen LogP contribution in [0.15, 0.2) is 35.7 Å². The molecule has 0 unspecified atom stereocenters. The van der Waals surface area contributed by atoms with Gasteiger partial charge in [-0.1, -0.05) is 12.1 Å². The largest absolute Gasteiger partial charge is 0.457 e. The maximum absolute atomic E-state index is 8.93. The van der Waals surface area contributed by atoms with Crippen LogP contribution in [0.5, 0.6) is 5.75 Å². The van der Waals surface area contributed by atoms with Gasteiger partial charge in [0.1, 0.15) is 11.8 Å². The number of fused-ring (bicyclic) bond motifs is 1. The quantitative estimate of drug-likeness (QED) is 0.623. The normalized spacial score (nSPS) is 14.5. The molecule has 70 valence electrons. The number of benzene rings is 1. The van der Waals surface area contributed by atoms with E-state index in [-0.39, 0.29) is 0 Å². The molecule has 2 rings (SSSR count). The Bertz CT molecular complexity index is 443. The van der Waals surface area contributed by atoms with Crippen molar-refractivity contribution < 1.29 is 4.74 Å². The molecule has 3 heteroatoms. The zero-order valence-electron chi connectivity index (χ0n) is 8.11. The van der Waals surface area contributed by atoms with Crippen LogP contribution in [0.3, 0.4) is 0 Å². The highest BCUT2D eigenvalue weighted by atomic mass is 16.5. The van der Waals surface area contributed by atoms with Crippen molar-refractivity contribution in [3.8, 4) is 11.8 Å². The van der Waals surface area contributed by atoms with Gasteiger partial charge < -0.3 is 9.64 Å². The molecule has 0 atom stereocenters. The fourth-order valence-corrected chi connectivity index (χ4v) is 1.54. The van der Waals surface area contributed by atoms with Gasteiger partial charge >= 0.3 is 0 Å². The van der Waals surface area contributed by atoms with Crippen molar-refractivity contribution in [1.82, 2.24) is 0 Å². The Morgan fingerprint density at radius 3 is 2.79 bits per heavy atom. The Kier molecular flexibility index (Phi) is 1.90. The molecular weight excluding hydrogens is 176 g/mol. The number of nitrogens with zero attached hydrogens (tertiary/aromatic N) is 2. The first-order valence-corrected chi connectivity index (χ1v) is 4.35. The predicted molar refractivity (Wildman–Crippen MR) is 53.8 cm³/mol. The Morgan fingerprint density at radius 2 is 2.07 bits per heavy atom. The van der Waals surface area contributed by atoms with Gasteiger partial charge in [-0.25, -0.2) is 0 Å². The number of nitriles is 1. The second-order valence-corrected chi connectivity index (χ2v) is 3.15. The summed E-state index contributed by atoms with van der Waals surface area (Å²) >= 11 is 0. The van der Waals surface area contributed by atoms with Gasteiger partial charge in [0.25, 0.3) is 0 Å². The van der Waals surface area contributed by atoms with E-state index < -0.39 is 0 Å². The summed E-state index contributed by atoms with van der Waals surface area (Å²) in [6.45, 7) is 1.80. The highest BCUT2D eigenvalue weighted by Crippen LogP contribution is 2.35. The second kappa shape index (κ2) is 3.08. The molecule has 1 aliphatic heterocycles. The molecule has 1 aliphatic rings. The van der Waals surface area contributed by atoms with Crippen molar-refractivity contribution in [3.05, 3.63) is 35.7 Å². The Hall–Kier alpha value is -1.95. The van der Waals surface area contributed by atoms with E-state index in [4.69, 9.17) is 10.00 Å². The van der Waals surface area contributed by atoms with Crippen molar-refractivity contribution in [2.24, 2.45) is 0 Å². The van der Waals surface area contributed by atoms with Crippen LogP contribution in [0.25, 0.3) is 0 Å². The smallest absolute Gasteiger partial charge is 0.159 e. The highest BCUT2D eigenvalue weighted by molar-refractivity contribution is 5.66. The number of ether oxygens (including phenoxy) is 1. The SMILES string of the molecule is CC1=C(C#N)N(C)c2ccccc2O1. The molecule has 14 heavy (non-hydrogen) atoms. The van der Waals surface area contributed by atoms with Crippen molar-refractivity contribution in [2.45, 2.75) is 6.92 Å². The molecule has 0 amide bonds. The van der Waals surface area contributed by atoms with Gasteiger partial charge in [0.15, 0.2) is 11.4 Å². The number of para-hydroxylation sites is 2. The molecule has 0 saturated carbocycles. The van der Waals surface area contributed by atoms with Crippen LogP contribution >= 0.6 is 0 Å². The van der Waals surface area contributed by atoms with Gasteiger partial charge in [-0.05, 0) is 19.1 Å². The third-order valence-corrected chi connectivity index (χ3v) is 2.26. The minimum Gasteiger partial charge on any atom is -0.457 e. The highest BCUT2D eigenvalue weighted by Gasteiger charge is 2.20. The molecule has 0 bridgehead atoms. The zero-order valence-corrected chi connectivity index (χ0v) is 8.11. The molecule has 1 aromatic carbocycles. The maximum Gasteiger partial charge on any atom is 0.159 e. The van der Waals surface area contributed by atoms with Gasteiger partial charge in [0.2, 0.25) is 0 Å². The Morgan fingerprint density at radius 1 is 1.36 bits per heavy atom. The first-order valence-electron chi connectivity index (χ1n) is 4.35. The van der Waals surface area contributed by atoms with Gasteiger partial charge in [-0.3, -0.25) is 0 Å². The lowest BCUT2D eigenvalue weighted by atomic mass is 10.2. The Labute approximate surface area is 82.8 Å². The van der Waals surface area contributed by atoms with Crippen molar-refractivity contribution in [1.29, 1.82) is 5.26 Å². The van der Waals surface area contributed by atoms with E-state index in [0.29, 0.717) is 11.5 Å². The van der Waals surface area contributed by atoms with Crippen LogP contribution in [-0.2, 0) is 0 Å². The van der Waals surface area contributed by atoms with Crippen LogP contribution in [0, 0.1) is 11.3 Å². The number of hydrogen-bond donors (Lipinski definition) is 0. The standard InChI is InChI=1S/C11H10N2O/c1-8-10(7-12)13(2)9-5-3-4-6-11(9)14-8/h3-6H,1-2H3. The first kappa shape index (κ1) is 8.64. The van der Waals surface area contributed by atoms with Crippen LogP contribution in [-0.4, -0.2) is 7.05 Å². The monoisotopic (exact) mass is 186 g/mol. The van der Waals surface area contributed by atoms with Gasteiger partial charge in [-0.2, -0.15) is 5.26 Å². The molecule has 1 heterocycles. The summed E-state index contributed by atoms with van der Waals surface area (Å²) in [6.07, 6.45) is 0. The van der Waals surface area contributed by atoms with Gasteiger partial charge in [0.05, 0.1) is 5.69 Å². The average molecular weight is 186 g/mol. The fourth-order valence-electron chi connectivity index (χ4n) is 1.54. The molecule has 0 N–H and O–H groups in total. The minimum absolute atomic E-state index is 0.559. The van der Waals surface area contributed by atoms with Crippen LogP contribution in [0.2, 0.25) is 0 Å². The summed E-state index contributed by atoms with van der Waals surface area (Å²) < 4.78 is 5.52. The van der Waals surface area contributed by atoms with E-state index >= 15 is 0 Å². The summed E-state index contributed by atoms with van der Waals surface area (Å²) in [6, 6.07) is 9.79. The van der Waals surface area contributed by atoms with Gasteiger partial charge in [0, 0.05) is 7.05 Å². The third-order valence-electron chi connectivity index (χ3n) is 2.26. The topological polar surface area (TPSA) is 36.3 Å².